The molecule has 2 saturated heterocycles. The van der Waals surface area contributed by atoms with Crippen LogP contribution in [0.15, 0.2) is 16.3 Å². The average molecular weight is 313 g/mol. The molecule has 7 nitrogen and oxygen atoms in total. The van der Waals surface area contributed by atoms with E-state index in [-0.39, 0.29) is 12.2 Å². The lowest BCUT2D eigenvalue weighted by Crippen LogP contribution is -2.45. The number of likely N-dealkylation sites (N-methyl/N-ethyl adjacent to an activating group) is 1. The Kier molecular flexibility index (Phi) is 4.04. The standard InChI is InChI=1S/C13H23N5O2S/c1-10-12-7-11(8-17(12)9-15-13(10)14-2)16-21(19,20)18-5-3-4-6-18/h9,11,13-14,16H,3-8H2,1-2H3. The van der Waals surface area contributed by atoms with E-state index in [4.69, 9.17) is 0 Å². The van der Waals surface area contributed by atoms with Gasteiger partial charge in [0, 0.05) is 37.8 Å². The van der Waals surface area contributed by atoms with Gasteiger partial charge in [0.05, 0.1) is 6.34 Å². The van der Waals surface area contributed by atoms with Gasteiger partial charge in [0.15, 0.2) is 0 Å². The van der Waals surface area contributed by atoms with Gasteiger partial charge in [-0.15, -0.1) is 0 Å². The molecule has 0 aromatic carbocycles. The van der Waals surface area contributed by atoms with Gasteiger partial charge in [0.2, 0.25) is 0 Å². The van der Waals surface area contributed by atoms with Crippen LogP contribution in [0.3, 0.4) is 0 Å². The highest BCUT2D eigenvalue weighted by Crippen LogP contribution is 2.28. The highest BCUT2D eigenvalue weighted by Gasteiger charge is 2.35. The van der Waals surface area contributed by atoms with Gasteiger partial charge >= 0.3 is 0 Å². The number of rotatable bonds is 4. The molecular formula is C13H23N5O2S. The van der Waals surface area contributed by atoms with Crippen molar-refractivity contribution in [2.45, 2.75) is 38.4 Å². The van der Waals surface area contributed by atoms with Gasteiger partial charge in [-0.1, -0.05) is 0 Å². The zero-order valence-electron chi connectivity index (χ0n) is 12.5. The normalized spacial score (nSPS) is 30.3. The molecule has 2 fully saturated rings. The van der Waals surface area contributed by atoms with Crippen molar-refractivity contribution >= 4 is 16.5 Å². The van der Waals surface area contributed by atoms with Crippen LogP contribution in [0.25, 0.3) is 0 Å². The third-order valence-electron chi connectivity index (χ3n) is 4.42. The Morgan fingerprint density at radius 2 is 2.05 bits per heavy atom. The molecule has 3 rings (SSSR count). The first kappa shape index (κ1) is 15.0. The second kappa shape index (κ2) is 5.68. The molecule has 21 heavy (non-hydrogen) atoms. The minimum Gasteiger partial charge on any atom is -0.335 e. The number of aliphatic imine (C=N–C) groups is 1. The lowest BCUT2D eigenvalue weighted by molar-refractivity contribution is 0.449. The molecule has 0 aliphatic carbocycles. The first-order chi connectivity index (χ1) is 10.0. The molecule has 2 unspecified atom stereocenters. The zero-order chi connectivity index (χ0) is 15.0. The second-order valence-electron chi connectivity index (χ2n) is 5.87. The first-order valence-corrected chi connectivity index (χ1v) is 8.89. The van der Waals surface area contributed by atoms with Crippen molar-refractivity contribution in [1.29, 1.82) is 0 Å². The Morgan fingerprint density at radius 3 is 2.71 bits per heavy atom. The fraction of sp³-hybridized carbons (Fsp3) is 0.769. The molecule has 8 heteroatoms. The predicted octanol–water partition coefficient (Wildman–Crippen LogP) is -0.148. The number of nitrogens with zero attached hydrogens (tertiary/aromatic N) is 3. The van der Waals surface area contributed by atoms with Crippen LogP contribution in [-0.4, -0.2) is 62.9 Å². The molecule has 0 spiro atoms. The van der Waals surface area contributed by atoms with E-state index < -0.39 is 10.2 Å². The molecular weight excluding hydrogens is 290 g/mol. The number of fused-ring (bicyclic) bond motifs is 1. The van der Waals surface area contributed by atoms with Gasteiger partial charge in [-0.05, 0) is 32.4 Å². The van der Waals surface area contributed by atoms with Crippen molar-refractivity contribution in [3.05, 3.63) is 11.3 Å². The highest BCUT2D eigenvalue weighted by molar-refractivity contribution is 7.87. The largest absolute Gasteiger partial charge is 0.335 e. The average Bonchev–Trinajstić information content (AvgIpc) is 3.07. The van der Waals surface area contributed by atoms with E-state index in [1.165, 1.54) is 11.3 Å². The number of nitrogens with one attached hydrogen (secondary N) is 2. The third-order valence-corrected chi connectivity index (χ3v) is 6.09. The lowest BCUT2D eigenvalue weighted by atomic mass is 10.1. The predicted molar refractivity (Wildman–Crippen MR) is 82.0 cm³/mol. The van der Waals surface area contributed by atoms with E-state index in [9.17, 15) is 8.42 Å². The molecule has 118 valence electrons. The number of hydrogen-bond donors (Lipinski definition) is 2. The van der Waals surface area contributed by atoms with Crippen molar-refractivity contribution < 1.29 is 8.42 Å². The maximum Gasteiger partial charge on any atom is 0.279 e. The summed E-state index contributed by atoms with van der Waals surface area (Å²) in [5, 5.41) is 3.14. The molecule has 0 saturated carbocycles. The molecule has 3 aliphatic heterocycles. The first-order valence-electron chi connectivity index (χ1n) is 7.45. The monoisotopic (exact) mass is 313 g/mol. The summed E-state index contributed by atoms with van der Waals surface area (Å²) in [6.45, 7) is 3.98. The molecule has 2 atom stereocenters. The maximum absolute atomic E-state index is 12.3. The summed E-state index contributed by atoms with van der Waals surface area (Å²) in [6.07, 6.45) is 4.46. The van der Waals surface area contributed by atoms with E-state index in [2.05, 4.69) is 26.9 Å². The Hall–Kier alpha value is -0.960. The summed E-state index contributed by atoms with van der Waals surface area (Å²) in [5.41, 5.74) is 2.35. The van der Waals surface area contributed by atoms with Crippen molar-refractivity contribution in [3.8, 4) is 0 Å². The molecule has 0 aromatic heterocycles. The Morgan fingerprint density at radius 1 is 1.33 bits per heavy atom. The van der Waals surface area contributed by atoms with Crippen LogP contribution in [0.5, 0.6) is 0 Å². The topological polar surface area (TPSA) is 77.0 Å². The Bertz CT molecular complexity index is 565. The van der Waals surface area contributed by atoms with E-state index >= 15 is 0 Å². The van der Waals surface area contributed by atoms with Crippen LogP contribution >= 0.6 is 0 Å². The minimum absolute atomic E-state index is 0.00480. The summed E-state index contributed by atoms with van der Waals surface area (Å²) in [7, 11) is -1.47. The molecule has 3 aliphatic rings. The molecule has 0 radical (unpaired) electrons. The fourth-order valence-corrected chi connectivity index (χ4v) is 4.73. The van der Waals surface area contributed by atoms with Crippen molar-refractivity contribution in [2.75, 3.05) is 26.7 Å². The summed E-state index contributed by atoms with van der Waals surface area (Å²) < 4.78 is 29.1. The Labute approximate surface area is 126 Å². The zero-order valence-corrected chi connectivity index (χ0v) is 13.4. The van der Waals surface area contributed by atoms with E-state index in [1.807, 2.05) is 13.4 Å². The lowest BCUT2D eigenvalue weighted by Gasteiger charge is -2.25. The maximum atomic E-state index is 12.3. The van der Waals surface area contributed by atoms with Gasteiger partial charge in [0.25, 0.3) is 10.2 Å². The van der Waals surface area contributed by atoms with Crippen molar-refractivity contribution in [1.82, 2.24) is 19.2 Å². The third kappa shape index (κ3) is 2.85. The van der Waals surface area contributed by atoms with Gasteiger partial charge in [-0.3, -0.25) is 10.3 Å². The van der Waals surface area contributed by atoms with Crippen LogP contribution in [0, 0.1) is 0 Å². The quantitative estimate of drug-likeness (QED) is 0.757. The fourth-order valence-electron chi connectivity index (χ4n) is 3.27. The van der Waals surface area contributed by atoms with E-state index in [1.54, 1.807) is 4.31 Å². The van der Waals surface area contributed by atoms with Crippen molar-refractivity contribution in [3.63, 3.8) is 0 Å². The van der Waals surface area contributed by atoms with Crippen molar-refractivity contribution in [2.24, 2.45) is 4.99 Å². The summed E-state index contributed by atoms with van der Waals surface area (Å²) in [5.74, 6) is 0. The van der Waals surface area contributed by atoms with Crippen LogP contribution in [0.4, 0.5) is 0 Å². The van der Waals surface area contributed by atoms with Gasteiger partial charge in [-0.25, -0.2) is 0 Å². The van der Waals surface area contributed by atoms with Crippen LogP contribution in [-0.2, 0) is 10.2 Å². The number of hydrogen-bond acceptors (Lipinski definition) is 5. The van der Waals surface area contributed by atoms with Gasteiger partial charge < -0.3 is 4.90 Å². The summed E-state index contributed by atoms with van der Waals surface area (Å²) >= 11 is 0. The minimum atomic E-state index is -3.35. The summed E-state index contributed by atoms with van der Waals surface area (Å²) in [6, 6.07) is -0.0809. The highest BCUT2D eigenvalue weighted by atomic mass is 32.2. The second-order valence-corrected chi connectivity index (χ2v) is 7.57. The van der Waals surface area contributed by atoms with Crippen LogP contribution < -0.4 is 10.0 Å². The summed E-state index contributed by atoms with van der Waals surface area (Å²) in [4.78, 5) is 6.48. The van der Waals surface area contributed by atoms with Crippen LogP contribution in [0.1, 0.15) is 26.2 Å². The van der Waals surface area contributed by atoms with Crippen LogP contribution in [0.2, 0.25) is 0 Å². The molecule has 0 bridgehead atoms. The molecule has 2 N–H and O–H groups in total. The SMILES string of the molecule is CNC1N=CN2CC(NS(=O)(=O)N3CCCC3)CC2=C1C. The molecule has 3 heterocycles. The molecule has 0 aromatic rings. The molecule has 0 amide bonds. The van der Waals surface area contributed by atoms with Gasteiger partial charge in [0.1, 0.15) is 6.17 Å². The smallest absolute Gasteiger partial charge is 0.279 e. The van der Waals surface area contributed by atoms with E-state index in [0.29, 0.717) is 19.6 Å². The Balaban J connectivity index is 1.70. The van der Waals surface area contributed by atoms with E-state index in [0.717, 1.165) is 19.3 Å². The van der Waals surface area contributed by atoms with Gasteiger partial charge in [-0.2, -0.15) is 17.4 Å².